The average molecular weight is 291 g/mol. The Morgan fingerprint density at radius 2 is 1.77 bits per heavy atom. The summed E-state index contributed by atoms with van der Waals surface area (Å²) in [7, 11) is 0. The van der Waals surface area contributed by atoms with Gasteiger partial charge in [-0.15, -0.1) is 5.11 Å². The number of phenolic OH excluding ortho intramolecular Hbond substituents is 1. The van der Waals surface area contributed by atoms with Gasteiger partial charge in [0, 0.05) is 11.1 Å². The van der Waals surface area contributed by atoms with Crippen molar-refractivity contribution >= 4 is 27.8 Å². The SMILES string of the molecule is Cc1cccc(N=Nc2c(C)cc3cc(N)ccc3c2O)c1. The van der Waals surface area contributed by atoms with Crippen LogP contribution in [0.3, 0.4) is 0 Å². The summed E-state index contributed by atoms with van der Waals surface area (Å²) in [6.07, 6.45) is 0. The molecule has 4 heteroatoms. The summed E-state index contributed by atoms with van der Waals surface area (Å²) in [5, 5.41) is 20.5. The summed E-state index contributed by atoms with van der Waals surface area (Å²) in [5.41, 5.74) is 9.67. The summed E-state index contributed by atoms with van der Waals surface area (Å²) < 4.78 is 0. The van der Waals surface area contributed by atoms with E-state index >= 15 is 0 Å². The monoisotopic (exact) mass is 291 g/mol. The van der Waals surface area contributed by atoms with Crippen molar-refractivity contribution in [2.75, 3.05) is 5.73 Å². The summed E-state index contributed by atoms with van der Waals surface area (Å²) in [6, 6.07) is 15.1. The molecule has 110 valence electrons. The fraction of sp³-hybridized carbons (Fsp3) is 0.111. The average Bonchev–Trinajstić information content (AvgIpc) is 2.46. The van der Waals surface area contributed by atoms with Gasteiger partial charge < -0.3 is 10.8 Å². The van der Waals surface area contributed by atoms with Gasteiger partial charge in [-0.3, -0.25) is 0 Å². The van der Waals surface area contributed by atoms with E-state index in [1.807, 2.05) is 50.2 Å². The second-order valence-electron chi connectivity index (χ2n) is 5.41. The molecule has 0 saturated heterocycles. The molecule has 3 rings (SSSR count). The first-order chi connectivity index (χ1) is 10.5. The first-order valence-electron chi connectivity index (χ1n) is 7.05. The van der Waals surface area contributed by atoms with Crippen LogP contribution in [0.15, 0.2) is 58.8 Å². The number of hydrogen-bond acceptors (Lipinski definition) is 4. The van der Waals surface area contributed by atoms with Gasteiger partial charge in [0.25, 0.3) is 0 Å². The molecule has 0 aromatic heterocycles. The standard InChI is InChI=1S/C18H17N3O/c1-11-4-3-5-15(8-11)20-21-17-12(2)9-13-10-14(19)6-7-16(13)18(17)22/h3-10,22H,19H2,1-2H3. The second-order valence-corrected chi connectivity index (χ2v) is 5.41. The first-order valence-corrected chi connectivity index (χ1v) is 7.05. The van der Waals surface area contributed by atoms with Crippen molar-refractivity contribution in [2.24, 2.45) is 10.2 Å². The minimum absolute atomic E-state index is 0.131. The summed E-state index contributed by atoms with van der Waals surface area (Å²) in [5.74, 6) is 0.131. The van der Waals surface area contributed by atoms with E-state index in [4.69, 9.17) is 5.73 Å². The zero-order chi connectivity index (χ0) is 15.7. The van der Waals surface area contributed by atoms with Crippen LogP contribution in [0.2, 0.25) is 0 Å². The van der Waals surface area contributed by atoms with E-state index in [0.717, 1.165) is 27.6 Å². The number of anilines is 1. The van der Waals surface area contributed by atoms with Gasteiger partial charge in [-0.25, -0.2) is 0 Å². The number of aryl methyl sites for hydroxylation is 2. The van der Waals surface area contributed by atoms with Gasteiger partial charge in [0.2, 0.25) is 0 Å². The van der Waals surface area contributed by atoms with Crippen LogP contribution in [0.4, 0.5) is 17.1 Å². The smallest absolute Gasteiger partial charge is 0.151 e. The van der Waals surface area contributed by atoms with E-state index in [-0.39, 0.29) is 5.75 Å². The van der Waals surface area contributed by atoms with E-state index in [1.54, 1.807) is 12.1 Å². The zero-order valence-corrected chi connectivity index (χ0v) is 12.5. The van der Waals surface area contributed by atoms with Gasteiger partial charge in [0.15, 0.2) is 5.75 Å². The van der Waals surface area contributed by atoms with Crippen LogP contribution in [0.1, 0.15) is 11.1 Å². The lowest BCUT2D eigenvalue weighted by Gasteiger charge is -2.08. The van der Waals surface area contributed by atoms with Gasteiger partial charge in [-0.2, -0.15) is 5.11 Å². The molecule has 0 aliphatic carbocycles. The Bertz CT molecular complexity index is 885. The molecule has 0 spiro atoms. The van der Waals surface area contributed by atoms with E-state index in [9.17, 15) is 5.11 Å². The molecule has 0 atom stereocenters. The lowest BCUT2D eigenvalue weighted by Crippen LogP contribution is -1.85. The van der Waals surface area contributed by atoms with Crippen molar-refractivity contribution in [3.8, 4) is 5.75 Å². The maximum Gasteiger partial charge on any atom is 0.151 e. The molecule has 0 unspecified atom stereocenters. The van der Waals surface area contributed by atoms with Gasteiger partial charge >= 0.3 is 0 Å². The third-order valence-electron chi connectivity index (χ3n) is 3.57. The van der Waals surface area contributed by atoms with Gasteiger partial charge in [-0.1, -0.05) is 12.1 Å². The Morgan fingerprint density at radius 1 is 0.955 bits per heavy atom. The summed E-state index contributed by atoms with van der Waals surface area (Å²) in [6.45, 7) is 3.90. The van der Waals surface area contributed by atoms with Crippen molar-refractivity contribution in [3.05, 3.63) is 59.7 Å². The quantitative estimate of drug-likeness (QED) is 0.505. The van der Waals surface area contributed by atoms with Gasteiger partial charge in [0.1, 0.15) is 5.69 Å². The first kappa shape index (κ1) is 14.1. The predicted octanol–water partition coefficient (Wildman–Crippen LogP) is 5.16. The van der Waals surface area contributed by atoms with Crippen LogP contribution in [0.25, 0.3) is 10.8 Å². The van der Waals surface area contributed by atoms with Crippen molar-refractivity contribution in [1.29, 1.82) is 0 Å². The molecule has 0 heterocycles. The number of phenols is 1. The molecule has 0 amide bonds. The van der Waals surface area contributed by atoms with Crippen molar-refractivity contribution in [2.45, 2.75) is 13.8 Å². The molecule has 0 bridgehead atoms. The molecule has 0 saturated carbocycles. The largest absolute Gasteiger partial charge is 0.505 e. The highest BCUT2D eigenvalue weighted by Gasteiger charge is 2.10. The van der Waals surface area contributed by atoms with Crippen LogP contribution in [-0.4, -0.2) is 5.11 Å². The number of azo groups is 1. The number of aromatic hydroxyl groups is 1. The van der Waals surface area contributed by atoms with Crippen LogP contribution < -0.4 is 5.73 Å². The van der Waals surface area contributed by atoms with Crippen molar-refractivity contribution in [3.63, 3.8) is 0 Å². The fourth-order valence-electron chi connectivity index (χ4n) is 2.46. The molecule has 0 aliphatic rings. The molecule has 3 aromatic carbocycles. The Balaban J connectivity index is 2.09. The number of nitrogen functional groups attached to an aromatic ring is 1. The Labute approximate surface area is 128 Å². The van der Waals surface area contributed by atoms with E-state index in [0.29, 0.717) is 11.4 Å². The van der Waals surface area contributed by atoms with Gasteiger partial charge in [0.05, 0.1) is 5.69 Å². The summed E-state index contributed by atoms with van der Waals surface area (Å²) in [4.78, 5) is 0. The van der Waals surface area contributed by atoms with Crippen LogP contribution in [-0.2, 0) is 0 Å². The number of nitrogens with two attached hydrogens (primary N) is 1. The lowest BCUT2D eigenvalue weighted by molar-refractivity contribution is 0.482. The van der Waals surface area contributed by atoms with Crippen LogP contribution >= 0.6 is 0 Å². The highest BCUT2D eigenvalue weighted by Crippen LogP contribution is 2.39. The molecular formula is C18H17N3O. The van der Waals surface area contributed by atoms with Crippen molar-refractivity contribution < 1.29 is 5.11 Å². The molecule has 4 nitrogen and oxygen atoms in total. The Kier molecular flexibility index (Phi) is 3.51. The number of hydrogen-bond donors (Lipinski definition) is 2. The lowest BCUT2D eigenvalue weighted by atomic mass is 10.0. The number of fused-ring (bicyclic) bond motifs is 1. The minimum Gasteiger partial charge on any atom is -0.505 e. The topological polar surface area (TPSA) is 71.0 Å². The van der Waals surface area contributed by atoms with E-state index in [2.05, 4.69) is 10.2 Å². The molecule has 0 aliphatic heterocycles. The highest BCUT2D eigenvalue weighted by molar-refractivity contribution is 5.95. The third kappa shape index (κ3) is 2.63. The highest BCUT2D eigenvalue weighted by atomic mass is 16.3. The Morgan fingerprint density at radius 3 is 2.55 bits per heavy atom. The number of nitrogens with zero attached hydrogens (tertiary/aromatic N) is 2. The second kappa shape index (κ2) is 5.48. The van der Waals surface area contributed by atoms with Crippen molar-refractivity contribution in [1.82, 2.24) is 0 Å². The van der Waals surface area contributed by atoms with E-state index < -0.39 is 0 Å². The van der Waals surface area contributed by atoms with Crippen LogP contribution in [0, 0.1) is 13.8 Å². The normalized spacial score (nSPS) is 11.4. The third-order valence-corrected chi connectivity index (χ3v) is 3.57. The minimum atomic E-state index is 0.131. The zero-order valence-electron chi connectivity index (χ0n) is 12.5. The maximum atomic E-state index is 10.5. The number of benzene rings is 3. The van der Waals surface area contributed by atoms with Crippen LogP contribution in [0.5, 0.6) is 5.75 Å². The number of rotatable bonds is 2. The molecule has 22 heavy (non-hydrogen) atoms. The summed E-state index contributed by atoms with van der Waals surface area (Å²) >= 11 is 0. The Hall–Kier alpha value is -2.88. The molecular weight excluding hydrogens is 274 g/mol. The molecule has 0 fully saturated rings. The molecule has 3 N–H and O–H groups in total. The van der Waals surface area contributed by atoms with Gasteiger partial charge in [-0.05, 0) is 66.8 Å². The molecule has 0 radical (unpaired) electrons. The molecule has 3 aromatic rings. The maximum absolute atomic E-state index is 10.5. The predicted molar refractivity (Wildman–Crippen MR) is 90.1 cm³/mol. The fourth-order valence-corrected chi connectivity index (χ4v) is 2.46. The van der Waals surface area contributed by atoms with E-state index in [1.165, 1.54) is 0 Å².